The molecule has 2 aromatic heterocycles. The molecule has 3 heterocycles. The van der Waals surface area contributed by atoms with Crippen molar-refractivity contribution in [2.45, 2.75) is 33.2 Å². The van der Waals surface area contributed by atoms with Crippen LogP contribution in [-0.2, 0) is 19.4 Å². The highest BCUT2D eigenvalue weighted by Gasteiger charge is 2.22. The van der Waals surface area contributed by atoms with E-state index in [1.54, 1.807) is 11.3 Å². The lowest BCUT2D eigenvalue weighted by molar-refractivity contribution is 0.489. The molecular formula is C12H15N3OS. The third kappa shape index (κ3) is 1.95. The van der Waals surface area contributed by atoms with Gasteiger partial charge in [0.1, 0.15) is 5.76 Å². The second-order valence-electron chi connectivity index (χ2n) is 4.24. The van der Waals surface area contributed by atoms with Crippen molar-refractivity contribution in [1.82, 2.24) is 9.97 Å². The van der Waals surface area contributed by atoms with E-state index >= 15 is 0 Å². The molecule has 0 amide bonds. The van der Waals surface area contributed by atoms with Crippen LogP contribution in [0.15, 0.2) is 10.6 Å². The zero-order valence-electron chi connectivity index (χ0n) is 10.1. The lowest BCUT2D eigenvalue weighted by atomic mass is 10.2. The van der Waals surface area contributed by atoms with E-state index in [4.69, 9.17) is 4.42 Å². The first-order valence-electron chi connectivity index (χ1n) is 5.91. The lowest BCUT2D eigenvalue weighted by Gasteiger charge is -2.24. The molecule has 90 valence electrons. The predicted molar refractivity (Wildman–Crippen MR) is 67.5 cm³/mol. The Bertz CT molecular complexity index is 532. The van der Waals surface area contributed by atoms with E-state index in [2.05, 4.69) is 28.7 Å². The number of nitrogens with zero attached hydrogens (tertiary/aromatic N) is 3. The van der Waals surface area contributed by atoms with Crippen LogP contribution in [0, 0.1) is 6.92 Å². The van der Waals surface area contributed by atoms with Crippen LogP contribution in [-0.4, -0.2) is 16.5 Å². The standard InChI is InChI=1S/C12H15N3OS/c1-3-9-6-13-12(16-9)15-5-4-10-11(7-15)17-8(2)14-10/h6H,3-5,7H2,1-2H3. The van der Waals surface area contributed by atoms with Gasteiger partial charge in [-0.2, -0.15) is 0 Å². The van der Waals surface area contributed by atoms with Crippen LogP contribution in [0.5, 0.6) is 0 Å². The minimum atomic E-state index is 0.749. The van der Waals surface area contributed by atoms with Crippen LogP contribution in [0.1, 0.15) is 28.3 Å². The summed E-state index contributed by atoms with van der Waals surface area (Å²) < 4.78 is 5.69. The number of hydrogen-bond donors (Lipinski definition) is 0. The van der Waals surface area contributed by atoms with Gasteiger partial charge in [-0.25, -0.2) is 9.97 Å². The number of aryl methyl sites for hydroxylation is 2. The second kappa shape index (κ2) is 4.14. The summed E-state index contributed by atoms with van der Waals surface area (Å²) in [6.07, 6.45) is 3.71. The van der Waals surface area contributed by atoms with E-state index in [0.29, 0.717) is 0 Å². The van der Waals surface area contributed by atoms with Crippen molar-refractivity contribution in [2.75, 3.05) is 11.4 Å². The summed E-state index contributed by atoms with van der Waals surface area (Å²) in [5.41, 5.74) is 1.26. The fourth-order valence-corrected chi connectivity index (χ4v) is 3.09. The molecule has 4 nitrogen and oxygen atoms in total. The van der Waals surface area contributed by atoms with Gasteiger partial charge in [-0.05, 0) is 6.92 Å². The Morgan fingerprint density at radius 3 is 3.18 bits per heavy atom. The molecule has 1 aliphatic rings. The average molecular weight is 249 g/mol. The first kappa shape index (κ1) is 10.8. The van der Waals surface area contributed by atoms with Crippen LogP contribution in [0.2, 0.25) is 0 Å². The van der Waals surface area contributed by atoms with Gasteiger partial charge in [0.05, 0.1) is 23.4 Å². The molecule has 3 rings (SSSR count). The number of rotatable bonds is 2. The molecule has 0 N–H and O–H groups in total. The van der Waals surface area contributed by atoms with E-state index in [1.165, 1.54) is 10.6 Å². The maximum Gasteiger partial charge on any atom is 0.297 e. The second-order valence-corrected chi connectivity index (χ2v) is 5.52. The first-order valence-corrected chi connectivity index (χ1v) is 6.72. The van der Waals surface area contributed by atoms with Crippen molar-refractivity contribution in [3.05, 3.63) is 27.5 Å². The maximum atomic E-state index is 5.69. The van der Waals surface area contributed by atoms with Gasteiger partial charge in [0.2, 0.25) is 0 Å². The van der Waals surface area contributed by atoms with E-state index < -0.39 is 0 Å². The number of thiazole rings is 1. The van der Waals surface area contributed by atoms with Crippen molar-refractivity contribution >= 4 is 17.4 Å². The largest absolute Gasteiger partial charge is 0.429 e. The van der Waals surface area contributed by atoms with Crippen LogP contribution < -0.4 is 4.90 Å². The smallest absolute Gasteiger partial charge is 0.297 e. The van der Waals surface area contributed by atoms with E-state index in [-0.39, 0.29) is 0 Å². The highest BCUT2D eigenvalue weighted by molar-refractivity contribution is 7.11. The minimum absolute atomic E-state index is 0.749. The maximum absolute atomic E-state index is 5.69. The summed E-state index contributed by atoms with van der Waals surface area (Å²) in [4.78, 5) is 12.4. The normalized spacial score (nSPS) is 15.1. The Labute approximate surface area is 104 Å². The monoisotopic (exact) mass is 249 g/mol. The summed E-state index contributed by atoms with van der Waals surface area (Å²) in [6, 6.07) is 0.749. The molecule has 0 aliphatic carbocycles. The molecule has 0 fully saturated rings. The third-order valence-electron chi connectivity index (χ3n) is 3.00. The first-order chi connectivity index (χ1) is 8.26. The lowest BCUT2D eigenvalue weighted by Crippen LogP contribution is -2.29. The van der Waals surface area contributed by atoms with E-state index in [9.17, 15) is 0 Å². The van der Waals surface area contributed by atoms with Gasteiger partial charge < -0.3 is 9.32 Å². The summed E-state index contributed by atoms with van der Waals surface area (Å²) in [5.74, 6) is 0.950. The zero-order valence-corrected chi connectivity index (χ0v) is 10.9. The van der Waals surface area contributed by atoms with Crippen LogP contribution in [0.3, 0.4) is 0 Å². The van der Waals surface area contributed by atoms with Gasteiger partial charge in [0, 0.05) is 24.3 Å². The van der Waals surface area contributed by atoms with Crippen LogP contribution >= 0.6 is 11.3 Å². The number of hydrogen-bond acceptors (Lipinski definition) is 5. The zero-order chi connectivity index (χ0) is 11.8. The Balaban J connectivity index is 1.83. The highest BCUT2D eigenvalue weighted by Crippen LogP contribution is 2.27. The molecule has 2 aromatic rings. The molecule has 0 bridgehead atoms. The number of anilines is 1. The van der Waals surface area contributed by atoms with Gasteiger partial charge in [-0.3, -0.25) is 0 Å². The molecule has 0 spiro atoms. The van der Waals surface area contributed by atoms with E-state index in [0.717, 1.165) is 42.7 Å². The SMILES string of the molecule is CCc1cnc(N2CCc3nc(C)sc3C2)o1. The van der Waals surface area contributed by atoms with Crippen LogP contribution in [0.25, 0.3) is 0 Å². The molecule has 5 heteroatoms. The summed E-state index contributed by atoms with van der Waals surface area (Å²) in [6.45, 7) is 5.96. The van der Waals surface area contributed by atoms with Crippen LogP contribution in [0.4, 0.5) is 6.01 Å². The molecule has 17 heavy (non-hydrogen) atoms. The Morgan fingerprint density at radius 2 is 2.41 bits per heavy atom. The van der Waals surface area contributed by atoms with Gasteiger partial charge in [0.25, 0.3) is 6.01 Å². The summed E-state index contributed by atoms with van der Waals surface area (Å²) in [7, 11) is 0. The molecule has 0 radical (unpaired) electrons. The van der Waals surface area contributed by atoms with Crippen molar-refractivity contribution in [3.63, 3.8) is 0 Å². The van der Waals surface area contributed by atoms with Gasteiger partial charge in [-0.15, -0.1) is 11.3 Å². The molecule has 0 saturated heterocycles. The quantitative estimate of drug-likeness (QED) is 0.820. The minimum Gasteiger partial charge on any atom is -0.429 e. The third-order valence-corrected chi connectivity index (χ3v) is 4.00. The van der Waals surface area contributed by atoms with Gasteiger partial charge in [0.15, 0.2) is 0 Å². The Kier molecular flexibility index (Phi) is 2.63. The summed E-state index contributed by atoms with van der Waals surface area (Å²) in [5, 5.41) is 1.15. The predicted octanol–water partition coefficient (Wildman–Crippen LogP) is 2.56. The fraction of sp³-hybridized carbons (Fsp3) is 0.500. The fourth-order valence-electron chi connectivity index (χ4n) is 2.09. The molecule has 1 aliphatic heterocycles. The summed E-state index contributed by atoms with van der Waals surface area (Å²) >= 11 is 1.78. The number of fused-ring (bicyclic) bond motifs is 1. The molecular weight excluding hydrogens is 234 g/mol. The molecule has 0 saturated carbocycles. The van der Waals surface area contributed by atoms with Crippen molar-refractivity contribution in [1.29, 1.82) is 0 Å². The van der Waals surface area contributed by atoms with Gasteiger partial charge in [-0.1, -0.05) is 6.92 Å². The molecule has 0 aromatic carbocycles. The van der Waals surface area contributed by atoms with Gasteiger partial charge >= 0.3 is 0 Å². The van der Waals surface area contributed by atoms with E-state index in [1.807, 2.05) is 6.20 Å². The Morgan fingerprint density at radius 1 is 1.53 bits per heavy atom. The number of oxazole rings is 1. The molecule has 0 unspecified atom stereocenters. The molecule has 0 atom stereocenters. The average Bonchev–Trinajstić information content (AvgIpc) is 2.92. The Hall–Kier alpha value is -1.36. The topological polar surface area (TPSA) is 42.2 Å². The van der Waals surface area contributed by atoms with Crippen molar-refractivity contribution < 1.29 is 4.42 Å². The highest BCUT2D eigenvalue weighted by atomic mass is 32.1. The van der Waals surface area contributed by atoms with Crippen molar-refractivity contribution in [3.8, 4) is 0 Å². The van der Waals surface area contributed by atoms with Crippen molar-refractivity contribution in [2.24, 2.45) is 0 Å². The number of aromatic nitrogens is 2.